The highest BCUT2D eigenvalue weighted by molar-refractivity contribution is 7.09. The highest BCUT2D eigenvalue weighted by Gasteiger charge is 2.09. The molecule has 17 heavy (non-hydrogen) atoms. The fraction of sp³-hybridized carbons (Fsp3) is 0.364. The number of aromatic carboxylic acids is 1. The van der Waals surface area contributed by atoms with Crippen molar-refractivity contribution < 1.29 is 14.7 Å². The van der Waals surface area contributed by atoms with E-state index in [4.69, 9.17) is 5.11 Å². The molecule has 0 saturated heterocycles. The number of carbonyl (C=O) groups excluding carboxylic acids is 1. The molecule has 0 radical (unpaired) electrons. The first kappa shape index (κ1) is 13.4. The van der Waals surface area contributed by atoms with E-state index < -0.39 is 5.97 Å². The average molecular weight is 254 g/mol. The number of carboxylic acid groups (broad SMARTS) is 1. The number of allylic oxidation sites excluding steroid dienone is 1. The van der Waals surface area contributed by atoms with Crippen molar-refractivity contribution in [3.63, 3.8) is 0 Å². The third-order valence-corrected chi connectivity index (χ3v) is 2.89. The summed E-state index contributed by atoms with van der Waals surface area (Å²) in [7, 11) is 0. The predicted molar refractivity (Wildman–Crippen MR) is 65.0 cm³/mol. The Labute approximate surface area is 103 Å². The normalized spacial score (nSPS) is 11.3. The molecule has 0 aliphatic carbocycles. The van der Waals surface area contributed by atoms with E-state index in [1.807, 2.05) is 13.0 Å². The lowest BCUT2D eigenvalue weighted by molar-refractivity contribution is -0.117. The van der Waals surface area contributed by atoms with E-state index in [1.54, 1.807) is 6.92 Å². The molecule has 1 aromatic rings. The fourth-order valence-electron chi connectivity index (χ4n) is 1.18. The molecule has 0 unspecified atom stereocenters. The molecule has 1 heterocycles. The van der Waals surface area contributed by atoms with Gasteiger partial charge in [-0.3, -0.25) is 4.79 Å². The molecule has 0 aliphatic rings. The van der Waals surface area contributed by atoms with Crippen molar-refractivity contribution in [3.05, 3.63) is 27.7 Å². The van der Waals surface area contributed by atoms with Crippen molar-refractivity contribution >= 4 is 23.2 Å². The smallest absolute Gasteiger partial charge is 0.355 e. The van der Waals surface area contributed by atoms with Crippen molar-refractivity contribution in [2.75, 3.05) is 0 Å². The lowest BCUT2D eigenvalue weighted by atomic mass is 10.2. The Hall–Kier alpha value is -1.69. The van der Waals surface area contributed by atoms with E-state index >= 15 is 0 Å². The van der Waals surface area contributed by atoms with Gasteiger partial charge in [-0.2, -0.15) is 0 Å². The van der Waals surface area contributed by atoms with Crippen LogP contribution in [-0.4, -0.2) is 22.0 Å². The zero-order chi connectivity index (χ0) is 12.8. The molecule has 0 aromatic carbocycles. The molecule has 0 saturated carbocycles. The largest absolute Gasteiger partial charge is 0.476 e. The summed E-state index contributed by atoms with van der Waals surface area (Å²) >= 11 is 1.22. The second kappa shape index (κ2) is 6.15. The molecule has 2 N–H and O–H groups in total. The van der Waals surface area contributed by atoms with Crippen LogP contribution in [0.4, 0.5) is 0 Å². The lowest BCUT2D eigenvalue weighted by Gasteiger charge is -2.02. The minimum atomic E-state index is -1.05. The summed E-state index contributed by atoms with van der Waals surface area (Å²) in [6, 6.07) is 0. The molecule has 1 amide bonds. The number of nitrogens with zero attached hydrogens (tertiary/aromatic N) is 1. The molecule has 92 valence electrons. The number of rotatable bonds is 5. The van der Waals surface area contributed by atoms with E-state index in [0.29, 0.717) is 10.6 Å². The van der Waals surface area contributed by atoms with Crippen LogP contribution in [0.5, 0.6) is 0 Å². The van der Waals surface area contributed by atoms with Gasteiger partial charge in [0.15, 0.2) is 5.69 Å². The van der Waals surface area contributed by atoms with Crippen molar-refractivity contribution in [1.29, 1.82) is 0 Å². The van der Waals surface area contributed by atoms with Gasteiger partial charge in [-0.1, -0.05) is 13.0 Å². The fourth-order valence-corrected chi connectivity index (χ4v) is 1.89. The Morgan fingerprint density at radius 2 is 2.29 bits per heavy atom. The SMILES string of the molecule is CCC=C(C)C(=O)NCc1nc(C(=O)O)cs1. The summed E-state index contributed by atoms with van der Waals surface area (Å²) in [6.45, 7) is 3.95. The molecule has 0 aliphatic heterocycles. The van der Waals surface area contributed by atoms with Gasteiger partial charge in [0, 0.05) is 11.0 Å². The number of amides is 1. The maximum absolute atomic E-state index is 11.5. The van der Waals surface area contributed by atoms with E-state index in [1.165, 1.54) is 16.7 Å². The van der Waals surface area contributed by atoms with Crippen LogP contribution in [-0.2, 0) is 11.3 Å². The van der Waals surface area contributed by atoms with E-state index in [2.05, 4.69) is 10.3 Å². The molecule has 0 bridgehead atoms. The number of thiazole rings is 1. The van der Waals surface area contributed by atoms with Gasteiger partial charge in [0.1, 0.15) is 5.01 Å². The first-order chi connectivity index (χ1) is 8.04. The number of carbonyl (C=O) groups is 2. The Bertz CT molecular complexity index is 451. The van der Waals surface area contributed by atoms with Gasteiger partial charge >= 0.3 is 5.97 Å². The monoisotopic (exact) mass is 254 g/mol. The zero-order valence-corrected chi connectivity index (χ0v) is 10.5. The summed E-state index contributed by atoms with van der Waals surface area (Å²) in [5.41, 5.74) is 0.669. The maximum Gasteiger partial charge on any atom is 0.355 e. The summed E-state index contributed by atoms with van der Waals surface area (Å²) in [5, 5.41) is 13.4. The summed E-state index contributed by atoms with van der Waals surface area (Å²) in [6.07, 6.45) is 2.64. The lowest BCUT2D eigenvalue weighted by Crippen LogP contribution is -2.23. The molecule has 1 aromatic heterocycles. The molecule has 6 heteroatoms. The average Bonchev–Trinajstić information content (AvgIpc) is 2.75. The van der Waals surface area contributed by atoms with Gasteiger partial charge in [-0.05, 0) is 13.3 Å². The van der Waals surface area contributed by atoms with Crippen LogP contribution in [0.1, 0.15) is 35.8 Å². The number of hydrogen-bond donors (Lipinski definition) is 2. The number of aromatic nitrogens is 1. The summed E-state index contributed by atoms with van der Waals surface area (Å²) in [5.74, 6) is -1.21. The van der Waals surface area contributed by atoms with E-state index in [-0.39, 0.29) is 18.1 Å². The van der Waals surface area contributed by atoms with Crippen LogP contribution in [0, 0.1) is 0 Å². The highest BCUT2D eigenvalue weighted by Crippen LogP contribution is 2.09. The molecule has 0 spiro atoms. The minimum Gasteiger partial charge on any atom is -0.476 e. The Morgan fingerprint density at radius 1 is 1.59 bits per heavy atom. The quantitative estimate of drug-likeness (QED) is 0.785. The van der Waals surface area contributed by atoms with E-state index in [0.717, 1.165) is 6.42 Å². The summed E-state index contributed by atoms with van der Waals surface area (Å²) < 4.78 is 0. The van der Waals surface area contributed by atoms with Gasteiger partial charge in [-0.15, -0.1) is 11.3 Å². The maximum atomic E-state index is 11.5. The number of nitrogens with one attached hydrogen (secondary N) is 1. The second-order valence-corrected chi connectivity index (χ2v) is 4.35. The molecule has 5 nitrogen and oxygen atoms in total. The van der Waals surface area contributed by atoms with Crippen LogP contribution < -0.4 is 5.32 Å². The van der Waals surface area contributed by atoms with Crippen molar-refractivity contribution in [1.82, 2.24) is 10.3 Å². The van der Waals surface area contributed by atoms with Crippen LogP contribution in [0.25, 0.3) is 0 Å². The second-order valence-electron chi connectivity index (χ2n) is 3.41. The first-order valence-electron chi connectivity index (χ1n) is 5.17. The molecular formula is C11H14N2O3S. The van der Waals surface area contributed by atoms with Crippen LogP contribution in [0.2, 0.25) is 0 Å². The third kappa shape index (κ3) is 3.99. The van der Waals surface area contributed by atoms with Crippen LogP contribution >= 0.6 is 11.3 Å². The molecule has 0 atom stereocenters. The van der Waals surface area contributed by atoms with Crippen molar-refractivity contribution in [2.45, 2.75) is 26.8 Å². The first-order valence-corrected chi connectivity index (χ1v) is 6.05. The Morgan fingerprint density at radius 3 is 2.82 bits per heavy atom. The number of hydrogen-bond acceptors (Lipinski definition) is 4. The van der Waals surface area contributed by atoms with Crippen molar-refractivity contribution in [2.24, 2.45) is 0 Å². The topological polar surface area (TPSA) is 79.3 Å². The predicted octanol–water partition coefficient (Wildman–Crippen LogP) is 1.81. The number of carboxylic acids is 1. The Kier molecular flexibility index (Phi) is 4.84. The molecule has 1 rings (SSSR count). The third-order valence-electron chi connectivity index (χ3n) is 2.04. The Balaban J connectivity index is 2.53. The van der Waals surface area contributed by atoms with Crippen molar-refractivity contribution in [3.8, 4) is 0 Å². The molecular weight excluding hydrogens is 240 g/mol. The van der Waals surface area contributed by atoms with Crippen LogP contribution in [0.3, 0.4) is 0 Å². The van der Waals surface area contributed by atoms with Gasteiger partial charge < -0.3 is 10.4 Å². The zero-order valence-electron chi connectivity index (χ0n) is 9.69. The minimum absolute atomic E-state index is 0.0140. The van der Waals surface area contributed by atoms with Gasteiger partial charge in [0.05, 0.1) is 6.54 Å². The molecule has 0 fully saturated rings. The standard InChI is InChI=1S/C11H14N2O3S/c1-3-4-7(2)10(14)12-5-9-13-8(6-17-9)11(15)16/h4,6H,3,5H2,1-2H3,(H,12,14)(H,15,16). The van der Waals surface area contributed by atoms with Gasteiger partial charge in [0.25, 0.3) is 0 Å². The van der Waals surface area contributed by atoms with Crippen LogP contribution in [0.15, 0.2) is 17.0 Å². The van der Waals surface area contributed by atoms with E-state index in [9.17, 15) is 9.59 Å². The highest BCUT2D eigenvalue weighted by atomic mass is 32.1. The van der Waals surface area contributed by atoms with Gasteiger partial charge in [0.2, 0.25) is 5.91 Å². The van der Waals surface area contributed by atoms with Gasteiger partial charge in [-0.25, -0.2) is 9.78 Å². The summed E-state index contributed by atoms with van der Waals surface area (Å²) in [4.78, 5) is 26.0.